The van der Waals surface area contributed by atoms with Gasteiger partial charge in [0.15, 0.2) is 5.43 Å². The van der Waals surface area contributed by atoms with Crippen molar-refractivity contribution in [1.29, 1.82) is 0 Å². The van der Waals surface area contributed by atoms with Gasteiger partial charge in [-0.1, -0.05) is 18.2 Å². The highest BCUT2D eigenvalue weighted by atomic mass is 32.1. The molecule has 21 heavy (non-hydrogen) atoms. The first kappa shape index (κ1) is 13.8. The van der Waals surface area contributed by atoms with Crippen LogP contribution >= 0.6 is 11.3 Å². The van der Waals surface area contributed by atoms with E-state index in [1.807, 2.05) is 37.3 Å². The number of rotatable bonds is 2. The summed E-state index contributed by atoms with van der Waals surface area (Å²) in [5.41, 5.74) is 1.05. The van der Waals surface area contributed by atoms with Gasteiger partial charge >= 0.3 is 5.97 Å². The molecule has 0 amide bonds. The fourth-order valence-corrected chi connectivity index (χ4v) is 3.55. The van der Waals surface area contributed by atoms with Crippen LogP contribution in [-0.4, -0.2) is 12.6 Å². The highest BCUT2D eigenvalue weighted by Crippen LogP contribution is 2.28. The Morgan fingerprint density at radius 3 is 2.67 bits per heavy atom. The van der Waals surface area contributed by atoms with Gasteiger partial charge in [0.25, 0.3) is 0 Å². The van der Waals surface area contributed by atoms with Crippen LogP contribution < -0.4 is 5.43 Å². The van der Waals surface area contributed by atoms with Gasteiger partial charge in [-0.3, -0.25) is 4.79 Å². The van der Waals surface area contributed by atoms with Crippen LogP contribution in [0.25, 0.3) is 20.2 Å². The number of esters is 1. The SMILES string of the molecule is CCOC(=O)c1c(C)ccc2sc3ccccc3c(=O)c12. The van der Waals surface area contributed by atoms with E-state index in [1.54, 1.807) is 13.0 Å². The molecule has 3 aromatic rings. The Labute approximate surface area is 125 Å². The molecular weight excluding hydrogens is 284 g/mol. The van der Waals surface area contributed by atoms with E-state index >= 15 is 0 Å². The van der Waals surface area contributed by atoms with Crippen molar-refractivity contribution in [2.24, 2.45) is 0 Å². The second-order valence-electron chi connectivity index (χ2n) is 4.78. The Hall–Kier alpha value is -2.20. The van der Waals surface area contributed by atoms with Crippen molar-refractivity contribution < 1.29 is 9.53 Å². The molecular formula is C17H14O3S. The molecule has 3 nitrogen and oxygen atoms in total. The summed E-state index contributed by atoms with van der Waals surface area (Å²) in [5.74, 6) is -0.430. The summed E-state index contributed by atoms with van der Waals surface area (Å²) in [5, 5.41) is 1.11. The van der Waals surface area contributed by atoms with Crippen LogP contribution in [0.3, 0.4) is 0 Å². The first-order valence-electron chi connectivity index (χ1n) is 6.75. The van der Waals surface area contributed by atoms with Gasteiger partial charge in [-0.25, -0.2) is 4.79 Å². The first-order chi connectivity index (χ1) is 10.1. The van der Waals surface area contributed by atoms with Crippen LogP contribution in [-0.2, 0) is 4.74 Å². The molecule has 106 valence electrons. The molecule has 0 bridgehead atoms. The standard InChI is InChI=1S/C17H14O3S/c1-3-20-17(19)14-10(2)8-9-13-15(14)16(18)11-6-4-5-7-12(11)21-13/h4-9H,3H2,1-2H3. The van der Waals surface area contributed by atoms with E-state index in [4.69, 9.17) is 4.74 Å². The van der Waals surface area contributed by atoms with Gasteiger partial charge < -0.3 is 4.74 Å². The summed E-state index contributed by atoms with van der Waals surface area (Å²) in [6.45, 7) is 3.87. The maximum Gasteiger partial charge on any atom is 0.339 e. The fourth-order valence-electron chi connectivity index (χ4n) is 2.46. The van der Waals surface area contributed by atoms with Gasteiger partial charge in [-0.2, -0.15) is 0 Å². The van der Waals surface area contributed by atoms with Gasteiger partial charge in [0.1, 0.15) is 0 Å². The van der Waals surface area contributed by atoms with Crippen molar-refractivity contribution in [3.05, 3.63) is 57.7 Å². The minimum absolute atomic E-state index is 0.105. The van der Waals surface area contributed by atoms with E-state index in [1.165, 1.54) is 11.3 Å². The second-order valence-corrected chi connectivity index (χ2v) is 5.86. The highest BCUT2D eigenvalue weighted by Gasteiger charge is 2.18. The first-order valence-corrected chi connectivity index (χ1v) is 7.57. The van der Waals surface area contributed by atoms with Crippen LogP contribution in [0.5, 0.6) is 0 Å². The summed E-state index contributed by atoms with van der Waals surface area (Å²) in [4.78, 5) is 25.0. The third kappa shape index (κ3) is 2.21. The number of fused-ring (bicyclic) bond motifs is 2. The van der Waals surface area contributed by atoms with Gasteiger partial charge in [0.05, 0.1) is 17.6 Å². The molecule has 0 aliphatic carbocycles. The summed E-state index contributed by atoms with van der Waals surface area (Å²) in [6.07, 6.45) is 0. The van der Waals surface area contributed by atoms with E-state index in [-0.39, 0.29) is 5.43 Å². The summed E-state index contributed by atoms with van der Waals surface area (Å²) in [6, 6.07) is 11.2. The smallest absolute Gasteiger partial charge is 0.339 e. The van der Waals surface area contributed by atoms with E-state index < -0.39 is 5.97 Å². The largest absolute Gasteiger partial charge is 0.462 e. The summed E-state index contributed by atoms with van der Waals surface area (Å²) in [7, 11) is 0. The number of ether oxygens (including phenoxy) is 1. The van der Waals surface area contributed by atoms with Crippen LogP contribution in [0, 0.1) is 6.92 Å². The molecule has 0 saturated carbocycles. The molecule has 0 unspecified atom stereocenters. The summed E-state index contributed by atoms with van der Waals surface area (Å²) < 4.78 is 6.85. The van der Waals surface area contributed by atoms with E-state index in [9.17, 15) is 9.59 Å². The predicted octanol–water partition coefficient (Wildman–Crippen LogP) is 3.90. The molecule has 0 atom stereocenters. The lowest BCUT2D eigenvalue weighted by Crippen LogP contribution is -2.12. The maximum atomic E-state index is 12.8. The molecule has 0 radical (unpaired) electrons. The number of hydrogen-bond donors (Lipinski definition) is 0. The fraction of sp³-hybridized carbons (Fsp3) is 0.176. The molecule has 1 aromatic heterocycles. The van der Waals surface area contributed by atoms with Crippen LogP contribution in [0.1, 0.15) is 22.8 Å². The molecule has 0 aliphatic heterocycles. The Morgan fingerprint density at radius 1 is 1.14 bits per heavy atom. The average molecular weight is 298 g/mol. The molecule has 1 heterocycles. The number of hydrogen-bond acceptors (Lipinski definition) is 4. The lowest BCUT2D eigenvalue weighted by molar-refractivity contribution is 0.0528. The van der Waals surface area contributed by atoms with Gasteiger partial charge in [-0.15, -0.1) is 11.3 Å². The second kappa shape index (κ2) is 5.30. The van der Waals surface area contributed by atoms with Crippen molar-refractivity contribution in [3.8, 4) is 0 Å². The molecule has 2 aromatic carbocycles. The lowest BCUT2D eigenvalue weighted by atomic mass is 10.0. The number of aryl methyl sites for hydroxylation is 1. The van der Waals surface area contributed by atoms with Crippen LogP contribution in [0.15, 0.2) is 41.2 Å². The van der Waals surface area contributed by atoms with Crippen molar-refractivity contribution in [2.75, 3.05) is 6.61 Å². The van der Waals surface area contributed by atoms with Gasteiger partial charge in [0, 0.05) is 14.8 Å². The van der Waals surface area contributed by atoms with Crippen molar-refractivity contribution in [3.63, 3.8) is 0 Å². The number of benzene rings is 2. The molecule has 0 spiro atoms. The van der Waals surface area contributed by atoms with E-state index in [0.717, 1.165) is 15.0 Å². The zero-order valence-electron chi connectivity index (χ0n) is 11.8. The van der Waals surface area contributed by atoms with Gasteiger partial charge in [0.2, 0.25) is 0 Å². The van der Waals surface area contributed by atoms with E-state index in [0.29, 0.717) is 22.9 Å². The molecule has 0 fully saturated rings. The minimum atomic E-state index is -0.430. The molecule has 4 heteroatoms. The highest BCUT2D eigenvalue weighted by molar-refractivity contribution is 7.24. The van der Waals surface area contributed by atoms with Crippen molar-refractivity contribution >= 4 is 37.5 Å². The van der Waals surface area contributed by atoms with Gasteiger partial charge in [-0.05, 0) is 37.6 Å². The number of carbonyl (C=O) groups is 1. The molecule has 0 N–H and O–H groups in total. The zero-order valence-corrected chi connectivity index (χ0v) is 12.6. The monoisotopic (exact) mass is 298 g/mol. The average Bonchev–Trinajstić information content (AvgIpc) is 2.48. The minimum Gasteiger partial charge on any atom is -0.462 e. The van der Waals surface area contributed by atoms with Crippen LogP contribution in [0.4, 0.5) is 0 Å². The third-order valence-electron chi connectivity index (χ3n) is 3.43. The molecule has 3 rings (SSSR count). The Morgan fingerprint density at radius 2 is 1.90 bits per heavy atom. The van der Waals surface area contributed by atoms with Crippen LogP contribution in [0.2, 0.25) is 0 Å². The zero-order chi connectivity index (χ0) is 15.0. The van der Waals surface area contributed by atoms with Crippen molar-refractivity contribution in [2.45, 2.75) is 13.8 Å². The molecule has 0 aliphatic rings. The third-order valence-corrected chi connectivity index (χ3v) is 4.57. The number of carbonyl (C=O) groups excluding carboxylic acids is 1. The predicted molar refractivity (Wildman–Crippen MR) is 86.3 cm³/mol. The Kier molecular flexibility index (Phi) is 3.47. The summed E-state index contributed by atoms with van der Waals surface area (Å²) >= 11 is 1.52. The topological polar surface area (TPSA) is 43.4 Å². The van der Waals surface area contributed by atoms with Crippen molar-refractivity contribution in [1.82, 2.24) is 0 Å². The Balaban J connectivity index is 2.47. The Bertz CT molecular complexity index is 909. The quantitative estimate of drug-likeness (QED) is 0.532. The normalized spacial score (nSPS) is 11.0. The lowest BCUT2D eigenvalue weighted by Gasteiger charge is -2.09. The van der Waals surface area contributed by atoms with E-state index in [2.05, 4.69) is 0 Å². The maximum absolute atomic E-state index is 12.8. The molecule has 0 saturated heterocycles.